The molecule has 1 rings (SSSR count). The van der Waals surface area contributed by atoms with E-state index in [9.17, 15) is 13.2 Å². The van der Waals surface area contributed by atoms with E-state index in [2.05, 4.69) is 6.58 Å². The highest BCUT2D eigenvalue weighted by molar-refractivity contribution is 7.91. The summed E-state index contributed by atoms with van der Waals surface area (Å²) in [6, 6.07) is 3.64. The third-order valence-electron chi connectivity index (χ3n) is 2.42. The average Bonchev–Trinajstić information content (AvgIpc) is 2.28. The molecule has 1 aromatic rings. The summed E-state index contributed by atoms with van der Waals surface area (Å²) < 4.78 is 24.0. The predicted molar refractivity (Wildman–Crippen MR) is 69.9 cm³/mol. The Hall–Kier alpha value is -1.33. The molecule has 0 radical (unpaired) electrons. The lowest BCUT2D eigenvalue weighted by Crippen LogP contribution is -2.10. The van der Waals surface area contributed by atoms with E-state index in [0.29, 0.717) is 12.0 Å². The molecular formula is C12H13ClO4S. The second-order valence-electron chi connectivity index (χ2n) is 3.81. The SMILES string of the molecule is C=C(CC)CS(=O)(=O)c1ccc(Cl)c(C(=O)O)c1. The first-order chi connectivity index (χ1) is 8.27. The van der Waals surface area contributed by atoms with Crippen LogP contribution in [0.2, 0.25) is 5.02 Å². The van der Waals surface area contributed by atoms with Gasteiger partial charge in [0.25, 0.3) is 0 Å². The Bertz CT molecular complexity index is 590. The van der Waals surface area contributed by atoms with Crippen molar-refractivity contribution in [2.24, 2.45) is 0 Å². The van der Waals surface area contributed by atoms with Crippen molar-refractivity contribution >= 4 is 27.4 Å². The molecule has 1 aromatic carbocycles. The van der Waals surface area contributed by atoms with E-state index in [1.165, 1.54) is 12.1 Å². The molecule has 0 fully saturated rings. The van der Waals surface area contributed by atoms with Gasteiger partial charge >= 0.3 is 5.97 Å². The zero-order chi connectivity index (χ0) is 13.9. The van der Waals surface area contributed by atoms with Crippen molar-refractivity contribution < 1.29 is 18.3 Å². The standard InChI is InChI=1S/C12H13ClO4S/c1-3-8(2)7-18(16,17)9-4-5-11(13)10(6-9)12(14)15/h4-6H,2-3,7H2,1H3,(H,14,15). The number of aromatic carboxylic acids is 1. The van der Waals surface area contributed by atoms with Crippen LogP contribution in [0.1, 0.15) is 23.7 Å². The van der Waals surface area contributed by atoms with Gasteiger partial charge in [0.05, 0.1) is 21.2 Å². The monoisotopic (exact) mass is 288 g/mol. The summed E-state index contributed by atoms with van der Waals surface area (Å²) in [5, 5.41) is 8.90. The minimum atomic E-state index is -3.57. The maximum atomic E-state index is 12.0. The van der Waals surface area contributed by atoms with Gasteiger partial charge < -0.3 is 5.11 Å². The first-order valence-electron chi connectivity index (χ1n) is 5.20. The molecule has 0 spiro atoms. The number of sulfone groups is 1. The van der Waals surface area contributed by atoms with Gasteiger partial charge in [-0.05, 0) is 24.6 Å². The van der Waals surface area contributed by atoms with Gasteiger partial charge in [0.1, 0.15) is 0 Å². The van der Waals surface area contributed by atoms with Crippen LogP contribution in [0.25, 0.3) is 0 Å². The van der Waals surface area contributed by atoms with Crippen LogP contribution < -0.4 is 0 Å². The molecule has 6 heteroatoms. The number of carboxylic acid groups (broad SMARTS) is 1. The topological polar surface area (TPSA) is 71.4 Å². The van der Waals surface area contributed by atoms with E-state index in [1.807, 2.05) is 6.92 Å². The van der Waals surface area contributed by atoms with Crippen LogP contribution in [0, 0.1) is 0 Å². The van der Waals surface area contributed by atoms with Gasteiger partial charge in [-0.15, -0.1) is 0 Å². The van der Waals surface area contributed by atoms with Crippen LogP contribution in [0.3, 0.4) is 0 Å². The highest BCUT2D eigenvalue weighted by Crippen LogP contribution is 2.22. The van der Waals surface area contributed by atoms with Crippen LogP contribution in [-0.4, -0.2) is 25.2 Å². The number of rotatable bonds is 5. The van der Waals surface area contributed by atoms with Crippen molar-refractivity contribution in [1.29, 1.82) is 0 Å². The minimum absolute atomic E-state index is 0.00997. The van der Waals surface area contributed by atoms with Crippen LogP contribution in [-0.2, 0) is 9.84 Å². The summed E-state index contributed by atoms with van der Waals surface area (Å²) >= 11 is 5.68. The Balaban J connectivity index is 3.22. The van der Waals surface area contributed by atoms with Crippen LogP contribution in [0.15, 0.2) is 35.2 Å². The molecule has 0 aliphatic heterocycles. The average molecular weight is 289 g/mol. The molecule has 0 saturated carbocycles. The Kier molecular flexibility index (Phi) is 4.53. The lowest BCUT2D eigenvalue weighted by molar-refractivity contribution is 0.0697. The van der Waals surface area contributed by atoms with Crippen LogP contribution in [0.5, 0.6) is 0 Å². The van der Waals surface area contributed by atoms with E-state index in [0.717, 1.165) is 6.07 Å². The van der Waals surface area contributed by atoms with Crippen molar-refractivity contribution in [3.8, 4) is 0 Å². The Labute approximate surface area is 111 Å². The molecule has 0 bridgehead atoms. The number of hydrogen-bond donors (Lipinski definition) is 1. The third-order valence-corrected chi connectivity index (χ3v) is 4.51. The molecule has 0 amide bonds. The molecule has 18 heavy (non-hydrogen) atoms. The fourth-order valence-electron chi connectivity index (χ4n) is 1.32. The molecule has 0 heterocycles. The van der Waals surface area contributed by atoms with Crippen LogP contribution in [0.4, 0.5) is 0 Å². The highest BCUT2D eigenvalue weighted by atomic mass is 35.5. The van der Waals surface area contributed by atoms with Crippen LogP contribution >= 0.6 is 11.6 Å². The molecule has 4 nitrogen and oxygen atoms in total. The quantitative estimate of drug-likeness (QED) is 0.846. The van der Waals surface area contributed by atoms with Gasteiger partial charge in [0.15, 0.2) is 9.84 Å². The van der Waals surface area contributed by atoms with Gasteiger partial charge in [-0.25, -0.2) is 13.2 Å². The maximum Gasteiger partial charge on any atom is 0.337 e. The maximum absolute atomic E-state index is 12.0. The molecular weight excluding hydrogens is 276 g/mol. The summed E-state index contributed by atoms with van der Waals surface area (Å²) in [4.78, 5) is 10.8. The number of hydrogen-bond acceptors (Lipinski definition) is 3. The zero-order valence-electron chi connectivity index (χ0n) is 9.81. The summed E-state index contributed by atoms with van der Waals surface area (Å²) in [6.45, 7) is 5.45. The number of halogens is 1. The summed E-state index contributed by atoms with van der Waals surface area (Å²) in [6.07, 6.45) is 0.554. The molecule has 0 aliphatic carbocycles. The number of carbonyl (C=O) groups is 1. The lowest BCUT2D eigenvalue weighted by atomic mass is 10.2. The predicted octanol–water partition coefficient (Wildman–Crippen LogP) is 2.78. The van der Waals surface area contributed by atoms with Crippen molar-refractivity contribution in [3.63, 3.8) is 0 Å². The fraction of sp³-hybridized carbons (Fsp3) is 0.250. The van der Waals surface area contributed by atoms with Crippen molar-refractivity contribution in [1.82, 2.24) is 0 Å². The van der Waals surface area contributed by atoms with Gasteiger partial charge in [0.2, 0.25) is 0 Å². The molecule has 98 valence electrons. The second-order valence-corrected chi connectivity index (χ2v) is 6.21. The highest BCUT2D eigenvalue weighted by Gasteiger charge is 2.19. The van der Waals surface area contributed by atoms with Gasteiger partial charge in [-0.3, -0.25) is 0 Å². The lowest BCUT2D eigenvalue weighted by Gasteiger charge is -2.07. The van der Waals surface area contributed by atoms with E-state index in [1.54, 1.807) is 0 Å². The molecule has 1 N–H and O–H groups in total. The summed E-state index contributed by atoms with van der Waals surface area (Å²) in [5.41, 5.74) is 0.349. The largest absolute Gasteiger partial charge is 0.478 e. The minimum Gasteiger partial charge on any atom is -0.478 e. The third kappa shape index (κ3) is 3.34. The molecule has 0 saturated heterocycles. The fourth-order valence-corrected chi connectivity index (χ4v) is 3.00. The van der Waals surface area contributed by atoms with Crippen molar-refractivity contribution in [2.45, 2.75) is 18.2 Å². The Morgan fingerprint density at radius 1 is 1.44 bits per heavy atom. The zero-order valence-corrected chi connectivity index (χ0v) is 11.4. The summed E-state index contributed by atoms with van der Waals surface area (Å²) in [7, 11) is -3.57. The smallest absolute Gasteiger partial charge is 0.337 e. The second kappa shape index (κ2) is 5.54. The molecule has 0 aromatic heterocycles. The normalized spacial score (nSPS) is 11.2. The summed E-state index contributed by atoms with van der Waals surface area (Å²) in [5.74, 6) is -1.45. The van der Waals surface area contributed by atoms with E-state index in [-0.39, 0.29) is 21.2 Å². The number of benzene rings is 1. The molecule has 0 unspecified atom stereocenters. The van der Waals surface area contributed by atoms with Gasteiger partial charge in [-0.2, -0.15) is 0 Å². The van der Waals surface area contributed by atoms with Gasteiger partial charge in [0, 0.05) is 0 Å². The Morgan fingerprint density at radius 3 is 2.56 bits per heavy atom. The molecule has 0 aliphatic rings. The van der Waals surface area contributed by atoms with Crippen molar-refractivity contribution in [3.05, 3.63) is 40.9 Å². The van der Waals surface area contributed by atoms with Gasteiger partial charge in [-0.1, -0.05) is 30.7 Å². The van der Waals surface area contributed by atoms with E-state index < -0.39 is 15.8 Å². The van der Waals surface area contributed by atoms with Crippen molar-refractivity contribution in [2.75, 3.05) is 5.75 Å². The first kappa shape index (κ1) is 14.7. The van der Waals surface area contributed by atoms with E-state index in [4.69, 9.17) is 16.7 Å². The molecule has 0 atom stereocenters. The first-order valence-corrected chi connectivity index (χ1v) is 7.23. The number of carboxylic acids is 1. The van der Waals surface area contributed by atoms with E-state index >= 15 is 0 Å². The Morgan fingerprint density at radius 2 is 2.06 bits per heavy atom.